The maximum Gasteiger partial charge on any atom is 0.328 e. The number of nitrogens with two attached hydrogens (primary N) is 2. The number of carbonyl (C=O) groups is 7. The fourth-order valence-electron chi connectivity index (χ4n) is 4.52. The number of rotatable bonds is 18. The SMILES string of the molecule is CC(C)C[C@H](N)C(=O)N1CCC[C@H]1C(=O)N[C@@H](CO)C(=O)N[C@H](C(=O)N[C@@H](CCC(N)=O)C(=O)N[C@@H](CO)C(=O)O)[C@@H](C)O. The molecule has 1 saturated heterocycles. The third kappa shape index (κ3) is 11.7. The zero-order valence-electron chi connectivity index (χ0n) is 25.0. The molecule has 1 heterocycles. The van der Waals surface area contributed by atoms with E-state index in [1.165, 1.54) is 4.90 Å². The summed E-state index contributed by atoms with van der Waals surface area (Å²) in [4.78, 5) is 88.3. The fraction of sp³-hybridized carbons (Fsp3) is 0.731. The van der Waals surface area contributed by atoms with E-state index < -0.39 is 110 Å². The molecule has 0 aromatic carbocycles. The summed E-state index contributed by atoms with van der Waals surface area (Å²) >= 11 is 0. The maximum atomic E-state index is 13.0. The Balaban J connectivity index is 3.00. The number of carboxylic acids is 1. The Bertz CT molecular complexity index is 1060. The molecule has 0 aromatic rings. The van der Waals surface area contributed by atoms with Crippen molar-refractivity contribution in [3.63, 3.8) is 0 Å². The van der Waals surface area contributed by atoms with E-state index >= 15 is 0 Å². The Morgan fingerprint density at radius 1 is 0.864 bits per heavy atom. The van der Waals surface area contributed by atoms with Crippen LogP contribution in [-0.2, 0) is 33.6 Å². The van der Waals surface area contributed by atoms with Crippen molar-refractivity contribution in [2.24, 2.45) is 17.4 Å². The maximum absolute atomic E-state index is 13.0. The van der Waals surface area contributed by atoms with Gasteiger partial charge in [-0.3, -0.25) is 28.8 Å². The second-order valence-corrected chi connectivity index (χ2v) is 11.0. The van der Waals surface area contributed by atoms with Gasteiger partial charge in [-0.2, -0.15) is 0 Å². The molecule has 12 N–H and O–H groups in total. The summed E-state index contributed by atoms with van der Waals surface area (Å²) in [6.07, 6.45) is -1.18. The number of aliphatic carboxylic acids is 1. The average molecular weight is 632 g/mol. The van der Waals surface area contributed by atoms with Gasteiger partial charge in [0.2, 0.25) is 35.4 Å². The number of aliphatic hydroxyl groups excluding tert-OH is 3. The van der Waals surface area contributed by atoms with Gasteiger partial charge in [-0.25, -0.2) is 4.79 Å². The number of primary amides is 1. The fourth-order valence-corrected chi connectivity index (χ4v) is 4.52. The molecule has 0 bridgehead atoms. The van der Waals surface area contributed by atoms with Crippen LogP contribution in [0, 0.1) is 5.92 Å². The molecule has 1 aliphatic heterocycles. The third-order valence-electron chi connectivity index (χ3n) is 6.87. The first-order chi connectivity index (χ1) is 20.5. The summed E-state index contributed by atoms with van der Waals surface area (Å²) in [6, 6.07) is -8.41. The molecular weight excluding hydrogens is 586 g/mol. The van der Waals surface area contributed by atoms with Crippen LogP contribution in [0.2, 0.25) is 0 Å². The normalized spacial score (nSPS) is 18.7. The summed E-state index contributed by atoms with van der Waals surface area (Å²) in [7, 11) is 0. The second-order valence-electron chi connectivity index (χ2n) is 11.0. The minimum absolute atomic E-state index is 0.139. The number of carboxylic acid groups (broad SMARTS) is 1. The molecule has 0 aliphatic carbocycles. The highest BCUT2D eigenvalue weighted by atomic mass is 16.4. The van der Waals surface area contributed by atoms with Gasteiger partial charge in [-0.15, -0.1) is 0 Å². The van der Waals surface area contributed by atoms with Gasteiger partial charge in [0.25, 0.3) is 0 Å². The zero-order chi connectivity index (χ0) is 33.7. The number of nitrogens with one attached hydrogen (secondary N) is 4. The summed E-state index contributed by atoms with van der Waals surface area (Å²) in [6.45, 7) is 3.31. The van der Waals surface area contributed by atoms with Crippen LogP contribution in [0.1, 0.15) is 52.9 Å². The van der Waals surface area contributed by atoms with Crippen molar-refractivity contribution in [3.8, 4) is 0 Å². The van der Waals surface area contributed by atoms with E-state index in [0.717, 1.165) is 6.92 Å². The number of aliphatic hydroxyl groups is 3. The molecule has 0 unspecified atom stereocenters. The van der Waals surface area contributed by atoms with E-state index in [1.54, 1.807) is 0 Å². The lowest BCUT2D eigenvalue weighted by molar-refractivity contribution is -0.143. The largest absolute Gasteiger partial charge is 0.480 e. The molecule has 6 amide bonds. The van der Waals surface area contributed by atoms with Crippen molar-refractivity contribution in [2.45, 2.75) is 95.2 Å². The van der Waals surface area contributed by atoms with Crippen LogP contribution in [0.25, 0.3) is 0 Å². The highest BCUT2D eigenvalue weighted by Crippen LogP contribution is 2.20. The van der Waals surface area contributed by atoms with Gasteiger partial charge in [0.05, 0.1) is 25.4 Å². The first-order valence-electron chi connectivity index (χ1n) is 14.2. The lowest BCUT2D eigenvalue weighted by Crippen LogP contribution is -2.62. The van der Waals surface area contributed by atoms with Crippen LogP contribution in [0.5, 0.6) is 0 Å². The van der Waals surface area contributed by atoms with Crippen LogP contribution in [-0.4, -0.2) is 129 Å². The van der Waals surface area contributed by atoms with E-state index in [2.05, 4.69) is 16.0 Å². The van der Waals surface area contributed by atoms with Crippen LogP contribution in [0.15, 0.2) is 0 Å². The smallest absolute Gasteiger partial charge is 0.328 e. The van der Waals surface area contributed by atoms with Gasteiger partial charge in [0, 0.05) is 13.0 Å². The molecule has 0 aromatic heterocycles. The number of nitrogens with zero attached hydrogens (tertiary/aromatic N) is 1. The first-order valence-corrected chi connectivity index (χ1v) is 14.2. The Hall–Kier alpha value is -3.87. The topological polar surface area (TPSA) is 304 Å². The van der Waals surface area contributed by atoms with Crippen molar-refractivity contribution < 1.29 is 54.0 Å². The Morgan fingerprint density at radius 3 is 1.93 bits per heavy atom. The monoisotopic (exact) mass is 631 g/mol. The Labute approximate surface area is 254 Å². The highest BCUT2D eigenvalue weighted by molar-refractivity contribution is 5.96. The molecule has 1 rings (SSSR count). The molecule has 0 radical (unpaired) electrons. The number of hydrogen-bond acceptors (Lipinski definition) is 11. The van der Waals surface area contributed by atoms with Crippen molar-refractivity contribution >= 4 is 41.4 Å². The minimum atomic E-state index is -1.75. The Kier molecular flexibility index (Phi) is 15.7. The summed E-state index contributed by atoms with van der Waals surface area (Å²) < 4.78 is 0. The van der Waals surface area contributed by atoms with Gasteiger partial charge in [0.15, 0.2) is 0 Å². The Morgan fingerprint density at radius 2 is 1.43 bits per heavy atom. The van der Waals surface area contributed by atoms with Crippen LogP contribution < -0.4 is 32.7 Å². The predicted molar refractivity (Wildman–Crippen MR) is 152 cm³/mol. The average Bonchev–Trinajstić information content (AvgIpc) is 3.43. The van der Waals surface area contributed by atoms with E-state index in [4.69, 9.17) is 16.6 Å². The molecule has 1 aliphatic rings. The molecule has 0 saturated carbocycles. The van der Waals surface area contributed by atoms with Gasteiger partial charge < -0.3 is 58.1 Å². The number of likely N-dealkylation sites (tertiary alicyclic amines) is 1. The van der Waals surface area contributed by atoms with Crippen LogP contribution >= 0.6 is 0 Å². The molecule has 18 heteroatoms. The van der Waals surface area contributed by atoms with Crippen molar-refractivity contribution in [3.05, 3.63) is 0 Å². The third-order valence-corrected chi connectivity index (χ3v) is 6.87. The molecule has 250 valence electrons. The van der Waals surface area contributed by atoms with Crippen molar-refractivity contribution in [1.82, 2.24) is 26.2 Å². The predicted octanol–water partition coefficient (Wildman–Crippen LogP) is -4.99. The summed E-state index contributed by atoms with van der Waals surface area (Å²) in [5.74, 6) is -6.75. The van der Waals surface area contributed by atoms with Gasteiger partial charge >= 0.3 is 5.97 Å². The van der Waals surface area contributed by atoms with Crippen molar-refractivity contribution in [1.29, 1.82) is 0 Å². The van der Waals surface area contributed by atoms with Gasteiger partial charge in [0.1, 0.15) is 30.2 Å². The van der Waals surface area contributed by atoms with E-state index in [9.17, 15) is 48.9 Å². The van der Waals surface area contributed by atoms with E-state index in [1.807, 2.05) is 19.2 Å². The highest BCUT2D eigenvalue weighted by Gasteiger charge is 2.38. The molecular formula is C26H45N7O11. The van der Waals surface area contributed by atoms with Crippen molar-refractivity contribution in [2.75, 3.05) is 19.8 Å². The first kappa shape index (κ1) is 38.2. The number of carbonyl (C=O) groups excluding carboxylic acids is 6. The summed E-state index contributed by atoms with van der Waals surface area (Å²) in [5, 5.41) is 47.0. The second kappa shape index (κ2) is 18.1. The molecule has 0 spiro atoms. The lowest BCUT2D eigenvalue weighted by Gasteiger charge is -2.29. The van der Waals surface area contributed by atoms with E-state index in [-0.39, 0.29) is 18.9 Å². The van der Waals surface area contributed by atoms with E-state index in [0.29, 0.717) is 12.8 Å². The number of hydrogen-bond donors (Lipinski definition) is 10. The van der Waals surface area contributed by atoms with Crippen LogP contribution in [0.4, 0.5) is 0 Å². The lowest BCUT2D eigenvalue weighted by atomic mass is 10.0. The molecule has 7 atom stereocenters. The minimum Gasteiger partial charge on any atom is -0.480 e. The zero-order valence-corrected chi connectivity index (χ0v) is 25.0. The van der Waals surface area contributed by atoms with Crippen LogP contribution in [0.3, 0.4) is 0 Å². The quantitative estimate of drug-likeness (QED) is 0.0680. The summed E-state index contributed by atoms with van der Waals surface area (Å²) in [5.41, 5.74) is 11.1. The van der Waals surface area contributed by atoms with Gasteiger partial charge in [-0.1, -0.05) is 13.8 Å². The number of amides is 6. The standard InChI is InChI=1S/C26H45N7O11/c1-12(2)9-14(27)25(42)33-8-4-5-18(33)23(40)30-16(10-34)22(39)32-20(13(3)36)24(41)29-15(6-7-19(28)37)21(38)31-17(11-35)26(43)44/h12-18,20,34-36H,4-11,27H2,1-3H3,(H2,28,37)(H,29,41)(H,30,40)(H,31,38)(H,32,39)(H,43,44)/t13-,14+,15+,16+,17+,18+,20+/m1/s1. The van der Waals surface area contributed by atoms with Gasteiger partial charge in [-0.05, 0) is 38.5 Å². The molecule has 18 nitrogen and oxygen atoms in total. The molecule has 1 fully saturated rings. The molecule has 44 heavy (non-hydrogen) atoms.